The van der Waals surface area contributed by atoms with Crippen LogP contribution in [-0.4, -0.2) is 10.9 Å². The van der Waals surface area contributed by atoms with Crippen LogP contribution in [0.5, 0.6) is 0 Å². The Bertz CT molecular complexity index is 616. The van der Waals surface area contributed by atoms with Crippen molar-refractivity contribution in [1.82, 2.24) is 10.3 Å². The molecule has 0 radical (unpaired) electrons. The predicted molar refractivity (Wildman–Crippen MR) is 69.6 cm³/mol. The first-order valence-electron chi connectivity index (χ1n) is 5.75. The molecule has 0 aliphatic rings. The summed E-state index contributed by atoms with van der Waals surface area (Å²) in [6.07, 6.45) is 1.34. The van der Waals surface area contributed by atoms with Crippen LogP contribution in [0.2, 0.25) is 0 Å². The maximum atomic E-state index is 13.4. The average molecular weight is 278 g/mol. The molecule has 0 atom stereocenters. The van der Waals surface area contributed by atoms with Crippen molar-refractivity contribution in [2.75, 3.05) is 5.43 Å². The van der Waals surface area contributed by atoms with Gasteiger partial charge < -0.3 is 10.7 Å². The second-order valence-electron chi connectivity index (χ2n) is 3.99. The van der Waals surface area contributed by atoms with Crippen molar-refractivity contribution < 1.29 is 13.6 Å². The van der Waals surface area contributed by atoms with E-state index in [1.165, 1.54) is 24.4 Å². The molecule has 1 aromatic heterocycles. The first-order valence-corrected chi connectivity index (χ1v) is 5.75. The number of nitrogens with zero attached hydrogens (tertiary/aromatic N) is 1. The van der Waals surface area contributed by atoms with E-state index >= 15 is 0 Å². The summed E-state index contributed by atoms with van der Waals surface area (Å²) in [4.78, 5) is 15.7. The third-order valence-electron chi connectivity index (χ3n) is 2.63. The van der Waals surface area contributed by atoms with Crippen LogP contribution in [0.15, 0.2) is 36.5 Å². The Morgan fingerprint density at radius 3 is 2.65 bits per heavy atom. The molecule has 0 unspecified atom stereocenters. The summed E-state index contributed by atoms with van der Waals surface area (Å²) >= 11 is 0. The molecule has 4 N–H and O–H groups in total. The van der Waals surface area contributed by atoms with Gasteiger partial charge in [-0.05, 0) is 18.2 Å². The number of hydrogen-bond donors (Lipinski definition) is 3. The molecule has 5 nitrogen and oxygen atoms in total. The lowest BCUT2D eigenvalue weighted by Gasteiger charge is -2.07. The Morgan fingerprint density at radius 1 is 1.25 bits per heavy atom. The fourth-order valence-corrected chi connectivity index (χ4v) is 1.56. The number of nitrogens with two attached hydrogens (primary N) is 1. The molecule has 0 bridgehead atoms. The van der Waals surface area contributed by atoms with E-state index in [4.69, 9.17) is 5.84 Å². The van der Waals surface area contributed by atoms with Crippen LogP contribution in [0.1, 0.15) is 15.9 Å². The topological polar surface area (TPSA) is 80.0 Å². The molecular formula is C13H12F2N4O. The lowest BCUT2D eigenvalue weighted by Crippen LogP contribution is -2.23. The van der Waals surface area contributed by atoms with E-state index < -0.39 is 17.5 Å². The highest BCUT2D eigenvalue weighted by molar-refractivity contribution is 5.93. The van der Waals surface area contributed by atoms with Crippen molar-refractivity contribution in [2.24, 2.45) is 5.84 Å². The van der Waals surface area contributed by atoms with Gasteiger partial charge in [0.05, 0.1) is 5.56 Å². The van der Waals surface area contributed by atoms with Crippen LogP contribution in [-0.2, 0) is 6.54 Å². The Labute approximate surface area is 113 Å². The molecule has 1 heterocycles. The first-order chi connectivity index (χ1) is 9.60. The first kappa shape index (κ1) is 13.9. The molecule has 0 aliphatic carbocycles. The van der Waals surface area contributed by atoms with Crippen molar-refractivity contribution in [3.05, 3.63) is 59.3 Å². The molecule has 2 aromatic rings. The fourth-order valence-electron chi connectivity index (χ4n) is 1.56. The second-order valence-corrected chi connectivity index (χ2v) is 3.99. The second kappa shape index (κ2) is 6.07. The minimum absolute atomic E-state index is 0.0398. The summed E-state index contributed by atoms with van der Waals surface area (Å²) < 4.78 is 26.1. The fraction of sp³-hybridized carbons (Fsp3) is 0.0769. The van der Waals surface area contributed by atoms with Crippen molar-refractivity contribution in [3.8, 4) is 0 Å². The van der Waals surface area contributed by atoms with Gasteiger partial charge in [0.1, 0.15) is 17.5 Å². The number of amides is 1. The van der Waals surface area contributed by atoms with Gasteiger partial charge >= 0.3 is 0 Å². The number of halogens is 2. The number of benzene rings is 1. The lowest BCUT2D eigenvalue weighted by molar-refractivity contribution is 0.0950. The highest BCUT2D eigenvalue weighted by Crippen LogP contribution is 2.10. The minimum atomic E-state index is -0.703. The molecule has 0 saturated carbocycles. The van der Waals surface area contributed by atoms with Gasteiger partial charge in [0, 0.05) is 24.4 Å². The zero-order valence-electron chi connectivity index (χ0n) is 10.4. The number of hydrazine groups is 1. The molecule has 104 valence electrons. The van der Waals surface area contributed by atoms with Crippen LogP contribution in [0.3, 0.4) is 0 Å². The van der Waals surface area contributed by atoms with Gasteiger partial charge in [-0.1, -0.05) is 6.07 Å². The third-order valence-corrected chi connectivity index (χ3v) is 2.63. The molecule has 20 heavy (non-hydrogen) atoms. The highest BCUT2D eigenvalue weighted by atomic mass is 19.1. The van der Waals surface area contributed by atoms with Gasteiger partial charge in [0.25, 0.3) is 5.91 Å². The van der Waals surface area contributed by atoms with E-state index in [0.717, 1.165) is 12.1 Å². The van der Waals surface area contributed by atoms with Gasteiger partial charge in [0.15, 0.2) is 0 Å². The van der Waals surface area contributed by atoms with E-state index in [1.807, 2.05) is 0 Å². The van der Waals surface area contributed by atoms with Gasteiger partial charge in [-0.3, -0.25) is 4.79 Å². The van der Waals surface area contributed by atoms with Crippen molar-refractivity contribution >= 4 is 11.7 Å². The number of rotatable bonds is 4. The van der Waals surface area contributed by atoms with Crippen LogP contribution in [0, 0.1) is 11.6 Å². The largest absolute Gasteiger partial charge is 0.348 e. The highest BCUT2D eigenvalue weighted by Gasteiger charge is 2.08. The smallest absolute Gasteiger partial charge is 0.253 e. The summed E-state index contributed by atoms with van der Waals surface area (Å²) in [5, 5.41) is 2.52. The number of carbonyl (C=O) groups excluding carboxylic acids is 1. The Balaban J connectivity index is 2.00. The number of aromatic nitrogens is 1. The van der Waals surface area contributed by atoms with E-state index in [9.17, 15) is 13.6 Å². The minimum Gasteiger partial charge on any atom is -0.348 e. The van der Waals surface area contributed by atoms with Crippen molar-refractivity contribution in [3.63, 3.8) is 0 Å². The van der Waals surface area contributed by atoms with Crippen LogP contribution < -0.4 is 16.6 Å². The number of pyridine rings is 1. The lowest BCUT2D eigenvalue weighted by atomic mass is 10.2. The van der Waals surface area contributed by atoms with E-state index in [1.54, 1.807) is 0 Å². The van der Waals surface area contributed by atoms with Gasteiger partial charge in [-0.25, -0.2) is 19.6 Å². The Morgan fingerprint density at radius 2 is 2.05 bits per heavy atom. The van der Waals surface area contributed by atoms with E-state index in [2.05, 4.69) is 15.7 Å². The molecule has 1 amide bonds. The van der Waals surface area contributed by atoms with Crippen LogP contribution >= 0.6 is 0 Å². The summed E-state index contributed by atoms with van der Waals surface area (Å²) in [5.74, 6) is 3.80. The Hall–Kier alpha value is -2.54. The SMILES string of the molecule is NNc1ccc(C(=O)NCc2ccc(F)cc2F)cn1. The average Bonchev–Trinajstić information content (AvgIpc) is 2.46. The molecule has 7 heteroatoms. The molecule has 0 fully saturated rings. The summed E-state index contributed by atoms with van der Waals surface area (Å²) in [5.41, 5.74) is 2.85. The maximum absolute atomic E-state index is 13.4. The number of nitrogen functional groups attached to an aromatic ring is 1. The van der Waals surface area contributed by atoms with Gasteiger partial charge in [-0.2, -0.15) is 0 Å². The van der Waals surface area contributed by atoms with Gasteiger partial charge in [0.2, 0.25) is 0 Å². The number of carbonyl (C=O) groups is 1. The maximum Gasteiger partial charge on any atom is 0.253 e. The zero-order chi connectivity index (χ0) is 14.5. The molecule has 0 spiro atoms. The molecular weight excluding hydrogens is 266 g/mol. The zero-order valence-corrected chi connectivity index (χ0v) is 10.4. The van der Waals surface area contributed by atoms with Crippen molar-refractivity contribution in [1.29, 1.82) is 0 Å². The van der Waals surface area contributed by atoms with Crippen molar-refractivity contribution in [2.45, 2.75) is 6.54 Å². The normalized spacial score (nSPS) is 10.2. The Kier molecular flexibility index (Phi) is 4.21. The molecule has 1 aromatic carbocycles. The monoisotopic (exact) mass is 278 g/mol. The standard InChI is InChI=1S/C13H12F2N4O/c14-10-3-1-8(11(15)5-10)6-18-13(20)9-2-4-12(19-16)17-7-9/h1-5,7H,6,16H2,(H,17,19)(H,18,20). The molecule has 0 saturated heterocycles. The number of nitrogens with one attached hydrogen (secondary N) is 2. The number of hydrogen-bond acceptors (Lipinski definition) is 4. The van der Waals surface area contributed by atoms with Crippen LogP contribution in [0.4, 0.5) is 14.6 Å². The summed E-state index contributed by atoms with van der Waals surface area (Å²) in [6.45, 7) is -0.0398. The molecule has 2 rings (SSSR count). The predicted octanol–water partition coefficient (Wildman–Crippen LogP) is 1.58. The number of anilines is 1. The van der Waals surface area contributed by atoms with E-state index in [0.29, 0.717) is 11.4 Å². The summed E-state index contributed by atoms with van der Waals surface area (Å²) in [6, 6.07) is 6.25. The van der Waals surface area contributed by atoms with Crippen LogP contribution in [0.25, 0.3) is 0 Å². The van der Waals surface area contributed by atoms with E-state index in [-0.39, 0.29) is 12.1 Å². The third kappa shape index (κ3) is 3.27. The molecule has 0 aliphatic heterocycles. The quantitative estimate of drug-likeness (QED) is 0.586. The summed E-state index contributed by atoms with van der Waals surface area (Å²) in [7, 11) is 0. The van der Waals surface area contributed by atoms with Gasteiger partial charge in [-0.15, -0.1) is 0 Å².